The van der Waals surface area contributed by atoms with E-state index >= 15 is 0 Å². The summed E-state index contributed by atoms with van der Waals surface area (Å²) in [5, 5.41) is 13.2. The smallest absolute Gasteiger partial charge is 0.340 e. The molecule has 0 saturated carbocycles. The number of halogens is 2. The van der Waals surface area contributed by atoms with Gasteiger partial charge in [0, 0.05) is 22.8 Å². The van der Waals surface area contributed by atoms with E-state index in [9.17, 15) is 14.3 Å². The fraction of sp³-hybridized carbons (Fsp3) is 0.133. The third-order valence-corrected chi connectivity index (χ3v) is 3.13. The van der Waals surface area contributed by atoms with Crippen molar-refractivity contribution in [1.82, 2.24) is 0 Å². The number of rotatable bonds is 4. The highest BCUT2D eigenvalue weighted by Gasteiger charge is 2.13. The monoisotopic (exact) mass is 309 g/mol. The average molecular weight is 310 g/mol. The van der Waals surface area contributed by atoms with Crippen molar-refractivity contribution in [1.29, 1.82) is 0 Å². The molecule has 0 spiro atoms. The van der Waals surface area contributed by atoms with Crippen LogP contribution in [0.4, 0.5) is 10.1 Å². The molecule has 0 aliphatic rings. The van der Waals surface area contributed by atoms with E-state index in [0.29, 0.717) is 16.3 Å². The Morgan fingerprint density at radius 2 is 2.10 bits per heavy atom. The van der Waals surface area contributed by atoms with E-state index in [1.54, 1.807) is 12.1 Å². The van der Waals surface area contributed by atoms with E-state index in [-0.39, 0.29) is 17.9 Å². The molecule has 0 aliphatic heterocycles. The van der Waals surface area contributed by atoms with Gasteiger partial charge in [0.15, 0.2) is 0 Å². The first kappa shape index (κ1) is 15.1. The molecule has 0 radical (unpaired) electrons. The number of carbonyl (C=O) groups is 1. The summed E-state index contributed by atoms with van der Waals surface area (Å²) in [5.41, 5.74) is 1.05. The van der Waals surface area contributed by atoms with Gasteiger partial charge < -0.3 is 15.2 Å². The molecule has 110 valence electrons. The minimum Gasteiger partial charge on any atom is -0.508 e. The van der Waals surface area contributed by atoms with E-state index in [0.717, 1.165) is 6.07 Å². The summed E-state index contributed by atoms with van der Waals surface area (Å²) in [7, 11) is 1.22. The molecule has 4 nitrogen and oxygen atoms in total. The van der Waals surface area contributed by atoms with Gasteiger partial charge in [0.25, 0.3) is 0 Å². The summed E-state index contributed by atoms with van der Waals surface area (Å²) in [4.78, 5) is 11.6. The normalized spacial score (nSPS) is 10.2. The van der Waals surface area contributed by atoms with E-state index in [1.807, 2.05) is 0 Å². The maximum absolute atomic E-state index is 13.2. The molecule has 6 heteroatoms. The van der Waals surface area contributed by atoms with E-state index in [2.05, 4.69) is 10.1 Å². The molecule has 2 aromatic carbocycles. The zero-order valence-electron chi connectivity index (χ0n) is 11.2. The van der Waals surface area contributed by atoms with E-state index in [1.165, 1.54) is 25.3 Å². The van der Waals surface area contributed by atoms with Crippen LogP contribution in [0.15, 0.2) is 36.4 Å². The van der Waals surface area contributed by atoms with Crippen LogP contribution in [0.3, 0.4) is 0 Å². The molecule has 2 rings (SSSR count). The number of phenols is 1. The molecule has 0 saturated heterocycles. The molecule has 0 atom stereocenters. The highest BCUT2D eigenvalue weighted by Crippen LogP contribution is 2.24. The van der Waals surface area contributed by atoms with Crippen LogP contribution in [-0.4, -0.2) is 18.2 Å². The summed E-state index contributed by atoms with van der Waals surface area (Å²) >= 11 is 5.86. The third-order valence-electron chi connectivity index (χ3n) is 2.90. The Morgan fingerprint density at radius 1 is 1.33 bits per heavy atom. The quantitative estimate of drug-likeness (QED) is 0.848. The van der Waals surface area contributed by atoms with Gasteiger partial charge in [0.05, 0.1) is 12.7 Å². The summed E-state index contributed by atoms with van der Waals surface area (Å²) in [6, 6.07) is 8.40. The fourth-order valence-electron chi connectivity index (χ4n) is 1.84. The first-order chi connectivity index (χ1) is 10.0. The molecule has 0 heterocycles. The van der Waals surface area contributed by atoms with Crippen molar-refractivity contribution in [2.45, 2.75) is 6.54 Å². The third kappa shape index (κ3) is 3.64. The molecule has 0 amide bonds. The van der Waals surface area contributed by atoms with Crippen LogP contribution >= 0.6 is 11.6 Å². The summed E-state index contributed by atoms with van der Waals surface area (Å²) in [6.45, 7) is 0.224. The molecule has 0 fully saturated rings. The van der Waals surface area contributed by atoms with Gasteiger partial charge in [-0.25, -0.2) is 9.18 Å². The minimum absolute atomic E-state index is 0.0774. The maximum Gasteiger partial charge on any atom is 0.340 e. The lowest BCUT2D eigenvalue weighted by Gasteiger charge is -2.12. The predicted molar refractivity (Wildman–Crippen MR) is 78.2 cm³/mol. The molecular formula is C15H13ClFNO3. The number of hydrogen-bond donors (Lipinski definition) is 2. The van der Waals surface area contributed by atoms with Gasteiger partial charge in [-0.05, 0) is 36.4 Å². The second-order valence-corrected chi connectivity index (χ2v) is 4.74. The van der Waals surface area contributed by atoms with Gasteiger partial charge in [-0.3, -0.25) is 0 Å². The van der Waals surface area contributed by atoms with Gasteiger partial charge >= 0.3 is 5.97 Å². The van der Waals surface area contributed by atoms with Crippen molar-refractivity contribution in [3.05, 3.63) is 58.4 Å². The Labute approximate surface area is 126 Å². The maximum atomic E-state index is 13.2. The van der Waals surface area contributed by atoms with Crippen LogP contribution in [-0.2, 0) is 11.3 Å². The summed E-state index contributed by atoms with van der Waals surface area (Å²) < 4.78 is 17.8. The van der Waals surface area contributed by atoms with Gasteiger partial charge in [-0.1, -0.05) is 11.6 Å². The summed E-state index contributed by atoms with van der Waals surface area (Å²) in [6.07, 6.45) is 0. The molecule has 0 aliphatic carbocycles. The highest BCUT2D eigenvalue weighted by molar-refractivity contribution is 6.30. The van der Waals surface area contributed by atoms with Gasteiger partial charge in [-0.15, -0.1) is 0 Å². The van der Waals surface area contributed by atoms with Crippen molar-refractivity contribution in [2.75, 3.05) is 12.4 Å². The largest absolute Gasteiger partial charge is 0.508 e. The number of carbonyl (C=O) groups excluding carboxylic acids is 1. The molecule has 0 bridgehead atoms. The summed E-state index contributed by atoms with van der Waals surface area (Å²) in [5.74, 6) is -1.10. The van der Waals surface area contributed by atoms with Crippen molar-refractivity contribution in [2.24, 2.45) is 0 Å². The van der Waals surface area contributed by atoms with Crippen molar-refractivity contribution in [3.63, 3.8) is 0 Å². The zero-order valence-corrected chi connectivity index (χ0v) is 11.9. The van der Waals surface area contributed by atoms with Crippen LogP contribution in [0.5, 0.6) is 5.75 Å². The number of phenolic OH excluding ortho intramolecular Hbond substituents is 1. The number of benzene rings is 2. The highest BCUT2D eigenvalue weighted by atomic mass is 35.5. The van der Waals surface area contributed by atoms with Crippen LogP contribution in [0.2, 0.25) is 5.02 Å². The lowest BCUT2D eigenvalue weighted by molar-refractivity contribution is 0.0601. The first-order valence-electron chi connectivity index (χ1n) is 6.10. The second-order valence-electron chi connectivity index (χ2n) is 4.31. The predicted octanol–water partition coefficient (Wildman–Crippen LogP) is 3.58. The van der Waals surface area contributed by atoms with Gasteiger partial charge in [0.1, 0.15) is 11.6 Å². The number of methoxy groups -OCH3 is 1. The van der Waals surface area contributed by atoms with Gasteiger partial charge in [0.2, 0.25) is 0 Å². The first-order valence-corrected chi connectivity index (χ1v) is 6.48. The standard InChI is InChI=1S/C15H13ClFNO3/c1-21-15(20)12-7-11(17)3-4-13(12)18-8-9-6-10(16)2-5-14(9)19/h2-7,18-19H,8H2,1H3. The molecular weight excluding hydrogens is 297 g/mol. The molecule has 2 N–H and O–H groups in total. The number of hydrogen-bond acceptors (Lipinski definition) is 4. The Bertz CT molecular complexity index is 676. The zero-order chi connectivity index (χ0) is 15.4. The molecule has 0 unspecified atom stereocenters. The van der Waals surface area contributed by atoms with E-state index < -0.39 is 11.8 Å². The van der Waals surface area contributed by atoms with Crippen LogP contribution < -0.4 is 5.32 Å². The van der Waals surface area contributed by atoms with E-state index in [4.69, 9.17) is 11.6 Å². The van der Waals surface area contributed by atoms with Crippen molar-refractivity contribution < 1.29 is 19.0 Å². The molecule has 2 aromatic rings. The number of nitrogens with one attached hydrogen (secondary N) is 1. The number of esters is 1. The SMILES string of the molecule is COC(=O)c1cc(F)ccc1NCc1cc(Cl)ccc1O. The van der Waals surface area contributed by atoms with Gasteiger partial charge in [-0.2, -0.15) is 0 Å². The molecule has 21 heavy (non-hydrogen) atoms. The number of ether oxygens (including phenoxy) is 1. The average Bonchev–Trinajstić information content (AvgIpc) is 2.48. The topological polar surface area (TPSA) is 58.6 Å². The van der Waals surface area contributed by atoms with Crippen LogP contribution in [0, 0.1) is 5.82 Å². The Kier molecular flexibility index (Phi) is 4.65. The van der Waals surface area contributed by atoms with Crippen LogP contribution in [0.25, 0.3) is 0 Å². The van der Waals surface area contributed by atoms with Crippen molar-refractivity contribution >= 4 is 23.3 Å². The van der Waals surface area contributed by atoms with Crippen molar-refractivity contribution in [3.8, 4) is 5.75 Å². The Hall–Kier alpha value is -2.27. The lowest BCUT2D eigenvalue weighted by atomic mass is 10.1. The number of aromatic hydroxyl groups is 1. The fourth-order valence-corrected chi connectivity index (χ4v) is 2.03. The second kappa shape index (κ2) is 6.45. The van der Waals surface area contributed by atoms with Crippen LogP contribution in [0.1, 0.15) is 15.9 Å². The minimum atomic E-state index is -0.646. The Morgan fingerprint density at radius 3 is 2.81 bits per heavy atom. The lowest BCUT2D eigenvalue weighted by Crippen LogP contribution is -2.09. The Balaban J connectivity index is 2.24. The number of anilines is 1. The molecule has 0 aromatic heterocycles.